The molecule has 0 heterocycles. The van der Waals surface area contributed by atoms with Crippen LogP contribution in [0, 0.1) is 0 Å². The molecule has 4 nitrogen and oxygen atoms in total. The molecule has 0 aliphatic rings. The minimum atomic E-state index is -4.48. The van der Waals surface area contributed by atoms with Gasteiger partial charge in [0.05, 0.1) is 0 Å². The van der Waals surface area contributed by atoms with E-state index in [1.165, 1.54) is 0 Å². The molecule has 0 spiro atoms. The van der Waals surface area contributed by atoms with E-state index >= 15 is 0 Å². The molecule has 1 N–H and O–H groups in total. The summed E-state index contributed by atoms with van der Waals surface area (Å²) in [5, 5.41) is 2.24. The highest BCUT2D eigenvalue weighted by Gasteiger charge is 2.29. The van der Waals surface area contributed by atoms with Gasteiger partial charge in [-0.2, -0.15) is 13.2 Å². The first-order chi connectivity index (χ1) is 7.22. The number of nitrogens with zero attached hydrogens (tertiary/aromatic N) is 1. The Bertz CT molecular complexity index is 219. The van der Waals surface area contributed by atoms with Crippen LogP contribution >= 0.6 is 0 Å². The topological polar surface area (TPSA) is 41.6 Å². The number of amides is 1. The maximum atomic E-state index is 11.7. The van der Waals surface area contributed by atoms with Crippen LogP contribution in [0.2, 0.25) is 0 Å². The van der Waals surface area contributed by atoms with Gasteiger partial charge in [0.1, 0.15) is 0 Å². The van der Waals surface area contributed by atoms with E-state index in [0.717, 1.165) is 0 Å². The van der Waals surface area contributed by atoms with Crippen molar-refractivity contribution in [2.45, 2.75) is 26.1 Å². The fraction of sp³-hybridized carbons (Fsp3) is 0.889. The molecule has 0 aromatic heterocycles. The number of likely N-dealkylation sites (N-methyl/N-ethyl adjacent to an activating group) is 1. The van der Waals surface area contributed by atoms with E-state index in [0.29, 0.717) is 12.6 Å². The van der Waals surface area contributed by atoms with E-state index in [-0.39, 0.29) is 6.54 Å². The first-order valence-electron chi connectivity index (χ1n) is 4.90. The van der Waals surface area contributed by atoms with Gasteiger partial charge in [-0.3, -0.25) is 0 Å². The third-order valence-corrected chi connectivity index (χ3v) is 1.98. The second-order valence-electron chi connectivity index (χ2n) is 3.69. The Morgan fingerprint density at radius 3 is 2.44 bits per heavy atom. The molecule has 0 fully saturated rings. The van der Waals surface area contributed by atoms with Crippen LogP contribution in [-0.4, -0.2) is 50.0 Å². The summed E-state index contributed by atoms with van der Waals surface area (Å²) in [5.41, 5.74) is 0. The van der Waals surface area contributed by atoms with Crippen molar-refractivity contribution in [1.29, 1.82) is 0 Å². The smallest absolute Gasteiger partial charge is 0.422 e. The molecule has 16 heavy (non-hydrogen) atoms. The molecule has 0 aromatic carbocycles. The fourth-order valence-electron chi connectivity index (χ4n) is 0.791. The Morgan fingerprint density at radius 1 is 1.44 bits per heavy atom. The van der Waals surface area contributed by atoms with Crippen molar-refractivity contribution >= 4 is 6.09 Å². The quantitative estimate of drug-likeness (QED) is 0.796. The van der Waals surface area contributed by atoms with Gasteiger partial charge in [0.2, 0.25) is 0 Å². The molecule has 0 aliphatic carbocycles. The van der Waals surface area contributed by atoms with Gasteiger partial charge >= 0.3 is 12.3 Å². The number of ether oxygens (including phenoxy) is 1. The van der Waals surface area contributed by atoms with Crippen LogP contribution in [-0.2, 0) is 4.74 Å². The van der Waals surface area contributed by atoms with Crippen molar-refractivity contribution in [3.05, 3.63) is 0 Å². The average Bonchev–Trinajstić information content (AvgIpc) is 2.13. The van der Waals surface area contributed by atoms with Gasteiger partial charge in [-0.25, -0.2) is 4.79 Å². The van der Waals surface area contributed by atoms with E-state index < -0.39 is 18.9 Å². The van der Waals surface area contributed by atoms with Crippen molar-refractivity contribution in [2.24, 2.45) is 0 Å². The summed E-state index contributed by atoms with van der Waals surface area (Å²) >= 11 is 0. The zero-order chi connectivity index (χ0) is 12.8. The van der Waals surface area contributed by atoms with Crippen LogP contribution in [0.4, 0.5) is 18.0 Å². The van der Waals surface area contributed by atoms with E-state index in [1.807, 2.05) is 25.8 Å². The minimum absolute atomic E-state index is 0.255. The molecule has 0 aliphatic heterocycles. The van der Waals surface area contributed by atoms with Crippen molar-refractivity contribution in [2.75, 3.05) is 26.7 Å². The van der Waals surface area contributed by atoms with Crippen molar-refractivity contribution < 1.29 is 22.7 Å². The second kappa shape index (κ2) is 6.57. The maximum Gasteiger partial charge on any atom is 0.422 e. The zero-order valence-corrected chi connectivity index (χ0v) is 9.60. The van der Waals surface area contributed by atoms with Crippen LogP contribution in [0.3, 0.4) is 0 Å². The molecule has 0 saturated heterocycles. The summed E-state index contributed by atoms with van der Waals surface area (Å²) in [4.78, 5) is 12.7. The Kier molecular flexibility index (Phi) is 6.17. The average molecular weight is 242 g/mol. The lowest BCUT2D eigenvalue weighted by atomic mass is 10.3. The molecular formula is C9H17F3N2O2. The van der Waals surface area contributed by atoms with Gasteiger partial charge in [-0.05, 0) is 20.9 Å². The number of alkyl carbamates (subject to hydrolysis) is 1. The van der Waals surface area contributed by atoms with Gasteiger partial charge in [-0.1, -0.05) is 0 Å². The Hall–Kier alpha value is -0.980. The minimum Gasteiger partial charge on any atom is -0.440 e. The highest BCUT2D eigenvalue weighted by molar-refractivity contribution is 5.67. The van der Waals surface area contributed by atoms with Gasteiger partial charge in [-0.15, -0.1) is 0 Å². The number of hydrogen-bond donors (Lipinski definition) is 1. The molecule has 7 heteroatoms. The zero-order valence-electron chi connectivity index (χ0n) is 9.60. The number of nitrogens with one attached hydrogen (secondary N) is 1. The summed E-state index contributed by atoms with van der Waals surface area (Å²) in [6.07, 6.45) is -5.53. The van der Waals surface area contributed by atoms with Crippen LogP contribution in [0.5, 0.6) is 0 Å². The van der Waals surface area contributed by atoms with Crippen LogP contribution in [0.25, 0.3) is 0 Å². The number of alkyl halides is 3. The molecule has 0 saturated carbocycles. The van der Waals surface area contributed by atoms with Gasteiger partial charge in [0.15, 0.2) is 6.61 Å². The lowest BCUT2D eigenvalue weighted by Gasteiger charge is -2.20. The number of halogens is 3. The van der Waals surface area contributed by atoms with Crippen molar-refractivity contribution in [3.8, 4) is 0 Å². The third kappa shape index (κ3) is 8.34. The number of carbonyl (C=O) groups excluding carboxylic acids is 1. The molecular weight excluding hydrogens is 225 g/mol. The first-order valence-corrected chi connectivity index (χ1v) is 4.90. The molecule has 0 bridgehead atoms. The maximum absolute atomic E-state index is 11.7. The molecule has 1 amide bonds. The number of hydrogen-bond acceptors (Lipinski definition) is 3. The highest BCUT2D eigenvalue weighted by Crippen LogP contribution is 2.14. The van der Waals surface area contributed by atoms with E-state index in [1.54, 1.807) is 0 Å². The fourth-order valence-corrected chi connectivity index (χ4v) is 0.791. The van der Waals surface area contributed by atoms with Gasteiger partial charge < -0.3 is 15.0 Å². The van der Waals surface area contributed by atoms with Crippen LogP contribution in [0.1, 0.15) is 13.8 Å². The molecule has 0 aromatic rings. The van der Waals surface area contributed by atoms with Crippen LogP contribution < -0.4 is 5.32 Å². The lowest BCUT2D eigenvalue weighted by Crippen LogP contribution is -2.37. The summed E-state index contributed by atoms with van der Waals surface area (Å²) in [5.74, 6) is 0. The number of carbonyl (C=O) groups is 1. The summed E-state index contributed by atoms with van der Waals surface area (Å²) in [7, 11) is 1.85. The van der Waals surface area contributed by atoms with E-state index in [4.69, 9.17) is 0 Å². The Labute approximate surface area is 92.7 Å². The highest BCUT2D eigenvalue weighted by atomic mass is 19.4. The lowest BCUT2D eigenvalue weighted by molar-refractivity contribution is -0.160. The standard InChI is InChI=1S/C9H17F3N2O2/c1-7(2)14(3)5-4-13-8(15)16-6-9(10,11)12/h7H,4-6H2,1-3H3,(H,13,15). The molecule has 0 rings (SSSR count). The Morgan fingerprint density at radius 2 is 2.00 bits per heavy atom. The predicted molar refractivity (Wildman–Crippen MR) is 53.2 cm³/mol. The monoisotopic (exact) mass is 242 g/mol. The predicted octanol–water partition coefficient (Wildman–Crippen LogP) is 1.62. The molecule has 0 unspecified atom stereocenters. The Balaban J connectivity index is 3.59. The normalized spacial score (nSPS) is 12.0. The van der Waals surface area contributed by atoms with Gasteiger partial charge in [0.25, 0.3) is 0 Å². The van der Waals surface area contributed by atoms with Crippen LogP contribution in [0.15, 0.2) is 0 Å². The molecule has 96 valence electrons. The van der Waals surface area contributed by atoms with Crippen molar-refractivity contribution in [3.63, 3.8) is 0 Å². The first kappa shape index (κ1) is 15.0. The molecule has 0 radical (unpaired) electrons. The summed E-state index contributed by atoms with van der Waals surface area (Å²) in [6.45, 7) is 3.20. The van der Waals surface area contributed by atoms with E-state index in [2.05, 4.69) is 10.1 Å². The number of rotatable bonds is 5. The molecule has 0 atom stereocenters. The largest absolute Gasteiger partial charge is 0.440 e. The SMILES string of the molecule is CC(C)N(C)CCNC(=O)OCC(F)(F)F. The summed E-state index contributed by atoms with van der Waals surface area (Å²) < 4.78 is 38.9. The summed E-state index contributed by atoms with van der Waals surface area (Å²) in [6, 6.07) is 0.313. The van der Waals surface area contributed by atoms with E-state index in [9.17, 15) is 18.0 Å². The van der Waals surface area contributed by atoms with Gasteiger partial charge in [0, 0.05) is 19.1 Å². The second-order valence-corrected chi connectivity index (χ2v) is 3.69. The van der Waals surface area contributed by atoms with Crippen molar-refractivity contribution in [1.82, 2.24) is 10.2 Å². The third-order valence-electron chi connectivity index (χ3n) is 1.98.